The van der Waals surface area contributed by atoms with Crippen molar-refractivity contribution in [3.8, 4) is 0 Å². The fourth-order valence-electron chi connectivity index (χ4n) is 3.47. The van der Waals surface area contributed by atoms with Gasteiger partial charge in [0.1, 0.15) is 12.1 Å². The topological polar surface area (TPSA) is 209 Å². The fraction of sp³-hybridized carbons (Fsp3) is 0.435. The number of aromatic nitrogens is 1. The quantitative estimate of drug-likeness (QED) is 0.158. The van der Waals surface area contributed by atoms with E-state index in [1.54, 1.807) is 18.0 Å². The number of primary amides is 1. The summed E-state index contributed by atoms with van der Waals surface area (Å²) in [5.74, 6) is -3.25. The first kappa shape index (κ1) is 28.7. The summed E-state index contributed by atoms with van der Waals surface area (Å²) in [4.78, 5) is 63.5. The van der Waals surface area contributed by atoms with Crippen molar-refractivity contribution in [2.24, 2.45) is 11.5 Å². The number of amides is 4. The number of rotatable bonds is 15. The second kappa shape index (κ2) is 14.1. The van der Waals surface area contributed by atoms with Crippen LogP contribution in [0.2, 0.25) is 0 Å². The number of para-hydroxylation sites is 1. The Kier molecular flexibility index (Phi) is 11.2. The van der Waals surface area contributed by atoms with Crippen LogP contribution in [0.25, 0.3) is 10.9 Å². The van der Waals surface area contributed by atoms with Crippen LogP contribution in [0.15, 0.2) is 30.5 Å². The summed E-state index contributed by atoms with van der Waals surface area (Å²) >= 11 is 1.54. The van der Waals surface area contributed by atoms with E-state index in [2.05, 4.69) is 20.9 Å². The molecule has 0 radical (unpaired) electrons. The van der Waals surface area contributed by atoms with E-state index in [1.807, 2.05) is 30.5 Å². The zero-order chi connectivity index (χ0) is 26.7. The third-order valence-electron chi connectivity index (χ3n) is 5.44. The highest BCUT2D eigenvalue weighted by atomic mass is 32.2. The molecule has 0 fully saturated rings. The number of thioether (sulfide) groups is 1. The van der Waals surface area contributed by atoms with Crippen molar-refractivity contribution in [2.45, 2.75) is 43.8 Å². The van der Waals surface area contributed by atoms with Gasteiger partial charge >= 0.3 is 5.97 Å². The molecular formula is C23H32N6O6S. The normalized spacial score (nSPS) is 13.4. The molecule has 2 rings (SSSR count). The van der Waals surface area contributed by atoms with Crippen LogP contribution in [0.5, 0.6) is 0 Å². The van der Waals surface area contributed by atoms with Crippen LogP contribution in [0.4, 0.5) is 0 Å². The number of aromatic amines is 1. The molecule has 0 aliphatic carbocycles. The molecule has 0 spiro atoms. The molecule has 2 aromatic rings. The lowest BCUT2D eigenvalue weighted by atomic mass is 10.0. The number of aliphatic carboxylic acids is 1. The highest BCUT2D eigenvalue weighted by Gasteiger charge is 2.28. The maximum Gasteiger partial charge on any atom is 0.326 e. The Hall–Kier alpha value is -3.58. The minimum Gasteiger partial charge on any atom is -0.480 e. The molecule has 3 unspecified atom stereocenters. The van der Waals surface area contributed by atoms with Gasteiger partial charge in [0.2, 0.25) is 23.6 Å². The Morgan fingerprint density at radius 1 is 1.06 bits per heavy atom. The van der Waals surface area contributed by atoms with E-state index in [9.17, 15) is 29.1 Å². The molecule has 0 saturated carbocycles. The molecule has 0 saturated heterocycles. The summed E-state index contributed by atoms with van der Waals surface area (Å²) < 4.78 is 0. The van der Waals surface area contributed by atoms with E-state index in [1.165, 1.54) is 0 Å². The average Bonchev–Trinajstić information content (AvgIpc) is 3.25. The van der Waals surface area contributed by atoms with Crippen LogP contribution >= 0.6 is 11.8 Å². The van der Waals surface area contributed by atoms with Crippen molar-refractivity contribution in [2.75, 3.05) is 18.6 Å². The lowest BCUT2D eigenvalue weighted by Crippen LogP contribution is -2.54. The third kappa shape index (κ3) is 8.89. The molecule has 13 heteroatoms. The van der Waals surface area contributed by atoms with Crippen LogP contribution < -0.4 is 27.4 Å². The number of nitrogens with two attached hydrogens (primary N) is 2. The van der Waals surface area contributed by atoms with Gasteiger partial charge in [-0.25, -0.2) is 4.79 Å². The minimum absolute atomic E-state index is 0.0466. The number of hydrogen-bond donors (Lipinski definition) is 7. The first-order valence-electron chi connectivity index (χ1n) is 11.3. The average molecular weight is 521 g/mol. The molecule has 0 bridgehead atoms. The van der Waals surface area contributed by atoms with Gasteiger partial charge in [0.25, 0.3) is 0 Å². The number of carbonyl (C=O) groups excluding carboxylic acids is 4. The zero-order valence-electron chi connectivity index (χ0n) is 19.9. The summed E-state index contributed by atoms with van der Waals surface area (Å²) in [6.07, 6.45) is 3.64. The van der Waals surface area contributed by atoms with Crippen molar-refractivity contribution in [1.82, 2.24) is 20.9 Å². The van der Waals surface area contributed by atoms with Crippen LogP contribution in [0.3, 0.4) is 0 Å². The zero-order valence-corrected chi connectivity index (χ0v) is 20.7. The number of hydrogen-bond acceptors (Lipinski definition) is 7. The van der Waals surface area contributed by atoms with Crippen molar-refractivity contribution in [3.05, 3.63) is 36.0 Å². The summed E-state index contributed by atoms with van der Waals surface area (Å²) in [5.41, 5.74) is 12.4. The van der Waals surface area contributed by atoms with Crippen LogP contribution in [0, 0.1) is 0 Å². The largest absolute Gasteiger partial charge is 0.480 e. The van der Waals surface area contributed by atoms with Crippen molar-refractivity contribution < 1.29 is 29.1 Å². The predicted octanol–water partition coefficient (Wildman–Crippen LogP) is -0.773. The first-order chi connectivity index (χ1) is 17.1. The summed E-state index contributed by atoms with van der Waals surface area (Å²) in [5, 5.41) is 17.6. The molecule has 36 heavy (non-hydrogen) atoms. The van der Waals surface area contributed by atoms with E-state index < -0.39 is 54.3 Å². The highest BCUT2D eigenvalue weighted by Crippen LogP contribution is 2.19. The molecule has 1 heterocycles. The number of fused-ring (bicyclic) bond motifs is 1. The van der Waals surface area contributed by atoms with Crippen LogP contribution in [-0.2, 0) is 30.4 Å². The van der Waals surface area contributed by atoms with Gasteiger partial charge in [-0.2, -0.15) is 11.8 Å². The standard InChI is InChI=1S/C23H32N6O6S/c1-36-9-8-15(24)21(32)27-12-20(31)28-18(10-13-11-26-16-5-3-2-4-14(13)16)22(33)29-17(23(34)35)6-7-19(25)30/h2-5,11,15,17-18,26H,6-10,12,24H2,1H3,(H2,25,30)(H,27,32)(H,28,31)(H,29,33)(H,34,35). The lowest BCUT2D eigenvalue weighted by molar-refractivity contribution is -0.142. The van der Waals surface area contributed by atoms with Gasteiger partial charge in [-0.1, -0.05) is 18.2 Å². The maximum absolute atomic E-state index is 13.0. The summed E-state index contributed by atoms with van der Waals surface area (Å²) in [7, 11) is 0. The Balaban J connectivity index is 2.13. The molecule has 0 aliphatic heterocycles. The number of H-pyrrole nitrogens is 1. The third-order valence-corrected chi connectivity index (χ3v) is 6.08. The van der Waals surface area contributed by atoms with E-state index in [-0.39, 0.29) is 19.3 Å². The molecule has 1 aromatic carbocycles. The molecule has 0 aliphatic rings. The lowest BCUT2D eigenvalue weighted by Gasteiger charge is -2.21. The van der Waals surface area contributed by atoms with Crippen molar-refractivity contribution >= 4 is 52.3 Å². The van der Waals surface area contributed by atoms with Gasteiger partial charge in [-0.15, -0.1) is 0 Å². The van der Waals surface area contributed by atoms with Crippen LogP contribution in [0.1, 0.15) is 24.8 Å². The monoisotopic (exact) mass is 520 g/mol. The van der Waals surface area contributed by atoms with E-state index in [4.69, 9.17) is 11.5 Å². The van der Waals surface area contributed by atoms with Gasteiger partial charge in [-0.05, 0) is 36.5 Å². The molecule has 3 atom stereocenters. The maximum atomic E-state index is 13.0. The predicted molar refractivity (Wildman–Crippen MR) is 136 cm³/mol. The summed E-state index contributed by atoms with van der Waals surface area (Å²) in [6, 6.07) is 4.08. The van der Waals surface area contributed by atoms with Gasteiger partial charge in [0, 0.05) is 29.9 Å². The second-order valence-electron chi connectivity index (χ2n) is 8.19. The summed E-state index contributed by atoms with van der Waals surface area (Å²) in [6.45, 7) is -0.409. The molecule has 12 nitrogen and oxygen atoms in total. The minimum atomic E-state index is -1.37. The number of benzene rings is 1. The Morgan fingerprint density at radius 2 is 1.78 bits per heavy atom. The first-order valence-corrected chi connectivity index (χ1v) is 12.7. The van der Waals surface area contributed by atoms with Gasteiger partial charge in [0.15, 0.2) is 0 Å². The SMILES string of the molecule is CSCCC(N)C(=O)NCC(=O)NC(Cc1c[nH]c2ccccc12)C(=O)NC(CCC(N)=O)C(=O)O. The van der Waals surface area contributed by atoms with E-state index in [0.717, 1.165) is 16.5 Å². The van der Waals surface area contributed by atoms with Crippen LogP contribution in [-0.4, -0.2) is 76.4 Å². The second-order valence-corrected chi connectivity index (χ2v) is 9.18. The molecular weight excluding hydrogens is 488 g/mol. The number of carbonyl (C=O) groups is 5. The van der Waals surface area contributed by atoms with Crippen molar-refractivity contribution in [3.63, 3.8) is 0 Å². The number of carboxylic acid groups (broad SMARTS) is 1. The fourth-order valence-corrected chi connectivity index (χ4v) is 3.96. The Bertz CT molecular complexity index is 1090. The van der Waals surface area contributed by atoms with Gasteiger partial charge < -0.3 is 37.5 Å². The molecule has 1 aromatic heterocycles. The van der Waals surface area contributed by atoms with E-state index >= 15 is 0 Å². The highest BCUT2D eigenvalue weighted by molar-refractivity contribution is 7.98. The molecule has 4 amide bonds. The Labute approximate surface area is 212 Å². The number of nitrogens with one attached hydrogen (secondary N) is 4. The molecule has 9 N–H and O–H groups in total. The van der Waals surface area contributed by atoms with Gasteiger partial charge in [0.05, 0.1) is 12.6 Å². The van der Waals surface area contributed by atoms with E-state index in [0.29, 0.717) is 12.2 Å². The van der Waals surface area contributed by atoms with Gasteiger partial charge in [-0.3, -0.25) is 19.2 Å². The van der Waals surface area contributed by atoms with Crippen molar-refractivity contribution in [1.29, 1.82) is 0 Å². The molecule has 196 valence electrons. The number of carboxylic acids is 1. The smallest absolute Gasteiger partial charge is 0.326 e. The Morgan fingerprint density at radius 3 is 2.44 bits per heavy atom.